The Bertz CT molecular complexity index is 413. The Morgan fingerprint density at radius 3 is 3.00 bits per heavy atom. The van der Waals surface area contributed by atoms with Crippen LogP contribution in [0.4, 0.5) is 4.39 Å². The number of aromatic nitrogens is 3. The third-order valence-corrected chi connectivity index (χ3v) is 1.97. The van der Waals surface area contributed by atoms with Crippen molar-refractivity contribution in [1.82, 2.24) is 14.8 Å². The molecule has 0 radical (unpaired) electrons. The molecule has 0 atom stereocenters. The quantitative estimate of drug-likeness (QED) is 0.717. The van der Waals surface area contributed by atoms with Crippen LogP contribution in [0.3, 0.4) is 0 Å². The molecule has 13 heavy (non-hydrogen) atoms. The fourth-order valence-electron chi connectivity index (χ4n) is 0.984. The van der Waals surface area contributed by atoms with Gasteiger partial charge in [0.1, 0.15) is 5.69 Å². The molecule has 66 valence electrons. The zero-order chi connectivity index (χ0) is 9.26. The molecule has 0 aliphatic heterocycles. The molecule has 0 N–H and O–H groups in total. The molecule has 2 rings (SSSR count). The van der Waals surface area contributed by atoms with E-state index < -0.39 is 5.95 Å². The van der Waals surface area contributed by atoms with E-state index >= 15 is 0 Å². The molecule has 0 aliphatic carbocycles. The summed E-state index contributed by atoms with van der Waals surface area (Å²) in [5, 5.41) is 3.90. The van der Waals surface area contributed by atoms with Crippen molar-refractivity contribution in [1.29, 1.82) is 0 Å². The van der Waals surface area contributed by atoms with E-state index in [1.165, 1.54) is 10.9 Å². The molecule has 0 fully saturated rings. The molecule has 2 aromatic rings. The Hall–Kier alpha value is -1.23. The van der Waals surface area contributed by atoms with Gasteiger partial charge in [0.05, 0.1) is 0 Å². The lowest BCUT2D eigenvalue weighted by Crippen LogP contribution is -1.99. The third kappa shape index (κ3) is 1.60. The zero-order valence-corrected chi connectivity index (χ0v) is 8.07. The van der Waals surface area contributed by atoms with Gasteiger partial charge in [-0.2, -0.15) is 9.49 Å². The van der Waals surface area contributed by atoms with Gasteiger partial charge in [-0.15, -0.1) is 0 Å². The van der Waals surface area contributed by atoms with E-state index in [2.05, 4.69) is 26.0 Å². The summed E-state index contributed by atoms with van der Waals surface area (Å²) in [6.45, 7) is 0. The highest BCUT2D eigenvalue weighted by Gasteiger charge is 2.05. The van der Waals surface area contributed by atoms with Gasteiger partial charge < -0.3 is 0 Å². The molecular formula is C8H5BrFN3. The summed E-state index contributed by atoms with van der Waals surface area (Å²) in [5.74, 6) is -0.535. The van der Waals surface area contributed by atoms with Crippen molar-refractivity contribution in [3.8, 4) is 5.69 Å². The number of halogens is 2. The number of pyridine rings is 1. The first-order chi connectivity index (χ1) is 6.27. The summed E-state index contributed by atoms with van der Waals surface area (Å²) < 4.78 is 15.3. The highest BCUT2D eigenvalue weighted by molar-refractivity contribution is 9.10. The first-order valence-electron chi connectivity index (χ1n) is 3.58. The fourth-order valence-corrected chi connectivity index (χ4v) is 1.30. The van der Waals surface area contributed by atoms with Crippen molar-refractivity contribution in [3.05, 3.63) is 41.1 Å². The molecule has 0 saturated heterocycles. The van der Waals surface area contributed by atoms with Crippen LogP contribution < -0.4 is 0 Å². The lowest BCUT2D eigenvalue weighted by Gasteiger charge is -2.01. The predicted molar refractivity (Wildman–Crippen MR) is 49.0 cm³/mol. The average molecular weight is 242 g/mol. The second-order valence-corrected chi connectivity index (χ2v) is 3.33. The van der Waals surface area contributed by atoms with Crippen molar-refractivity contribution in [2.75, 3.05) is 0 Å². The van der Waals surface area contributed by atoms with Gasteiger partial charge in [0, 0.05) is 23.1 Å². The van der Waals surface area contributed by atoms with Crippen LogP contribution in [0, 0.1) is 5.95 Å². The first kappa shape index (κ1) is 8.37. The molecule has 3 nitrogen and oxygen atoms in total. The Balaban J connectivity index is 2.57. The number of nitrogens with zero attached hydrogens (tertiary/aromatic N) is 3. The maximum absolute atomic E-state index is 13.1. The van der Waals surface area contributed by atoms with E-state index in [9.17, 15) is 4.39 Å². The predicted octanol–water partition coefficient (Wildman–Crippen LogP) is 2.17. The van der Waals surface area contributed by atoms with E-state index in [4.69, 9.17) is 0 Å². The van der Waals surface area contributed by atoms with E-state index in [0.29, 0.717) is 5.69 Å². The van der Waals surface area contributed by atoms with Crippen LogP contribution in [0.1, 0.15) is 0 Å². The molecule has 5 heteroatoms. The summed E-state index contributed by atoms with van der Waals surface area (Å²) >= 11 is 3.21. The Kier molecular flexibility index (Phi) is 2.10. The van der Waals surface area contributed by atoms with Gasteiger partial charge in [-0.3, -0.25) is 0 Å². The molecule has 0 amide bonds. The number of hydrogen-bond donors (Lipinski definition) is 0. The van der Waals surface area contributed by atoms with Crippen molar-refractivity contribution in [3.63, 3.8) is 0 Å². The molecule has 2 heterocycles. The minimum Gasteiger partial charge on any atom is -0.236 e. The minimum absolute atomic E-state index is 0.333. The van der Waals surface area contributed by atoms with Crippen LogP contribution in [0.15, 0.2) is 35.2 Å². The lowest BCUT2D eigenvalue weighted by molar-refractivity contribution is 0.568. The second kappa shape index (κ2) is 3.26. The summed E-state index contributed by atoms with van der Waals surface area (Å²) in [6, 6.07) is 3.34. The highest BCUT2D eigenvalue weighted by atomic mass is 79.9. The molecular weight excluding hydrogens is 237 g/mol. The molecule has 0 aromatic carbocycles. The zero-order valence-electron chi connectivity index (χ0n) is 6.48. The first-order valence-corrected chi connectivity index (χ1v) is 4.38. The van der Waals surface area contributed by atoms with Gasteiger partial charge in [0.15, 0.2) is 0 Å². The standard InChI is InChI=1S/C8H5BrFN3/c9-6-4-7(8(10)11-5-6)13-3-1-2-12-13/h1-5H. The van der Waals surface area contributed by atoms with E-state index in [-0.39, 0.29) is 0 Å². The van der Waals surface area contributed by atoms with Crippen LogP contribution in [0.5, 0.6) is 0 Å². The molecule has 0 unspecified atom stereocenters. The Morgan fingerprint density at radius 1 is 1.46 bits per heavy atom. The van der Waals surface area contributed by atoms with Crippen LogP contribution in [0.2, 0.25) is 0 Å². The van der Waals surface area contributed by atoms with Gasteiger partial charge in [-0.1, -0.05) is 0 Å². The second-order valence-electron chi connectivity index (χ2n) is 2.41. The minimum atomic E-state index is -0.535. The molecule has 0 spiro atoms. The van der Waals surface area contributed by atoms with Crippen LogP contribution in [-0.4, -0.2) is 14.8 Å². The van der Waals surface area contributed by atoms with Crippen molar-refractivity contribution >= 4 is 15.9 Å². The number of rotatable bonds is 1. The third-order valence-electron chi connectivity index (χ3n) is 1.54. The van der Waals surface area contributed by atoms with Gasteiger partial charge in [0.25, 0.3) is 0 Å². The lowest BCUT2D eigenvalue weighted by atomic mass is 10.4. The maximum Gasteiger partial charge on any atom is 0.238 e. The topological polar surface area (TPSA) is 30.7 Å². The summed E-state index contributed by atoms with van der Waals surface area (Å²) in [4.78, 5) is 3.56. The fraction of sp³-hybridized carbons (Fsp3) is 0. The van der Waals surface area contributed by atoms with Crippen molar-refractivity contribution < 1.29 is 4.39 Å². The highest BCUT2D eigenvalue weighted by Crippen LogP contribution is 2.15. The summed E-state index contributed by atoms with van der Waals surface area (Å²) in [5.41, 5.74) is 0.333. The van der Waals surface area contributed by atoms with Gasteiger partial charge in [-0.25, -0.2) is 9.67 Å². The van der Waals surface area contributed by atoms with Gasteiger partial charge in [0.2, 0.25) is 5.95 Å². The molecule has 0 aliphatic rings. The maximum atomic E-state index is 13.1. The molecule has 2 aromatic heterocycles. The van der Waals surface area contributed by atoms with E-state index in [0.717, 1.165) is 4.47 Å². The van der Waals surface area contributed by atoms with Crippen LogP contribution in [0.25, 0.3) is 5.69 Å². The average Bonchev–Trinajstić information content (AvgIpc) is 2.61. The summed E-state index contributed by atoms with van der Waals surface area (Å²) in [7, 11) is 0. The van der Waals surface area contributed by atoms with Crippen molar-refractivity contribution in [2.45, 2.75) is 0 Å². The van der Waals surface area contributed by atoms with Crippen LogP contribution in [-0.2, 0) is 0 Å². The summed E-state index contributed by atoms with van der Waals surface area (Å²) in [6.07, 6.45) is 4.65. The monoisotopic (exact) mass is 241 g/mol. The molecule has 0 saturated carbocycles. The molecule has 0 bridgehead atoms. The van der Waals surface area contributed by atoms with Crippen molar-refractivity contribution in [2.24, 2.45) is 0 Å². The number of hydrogen-bond acceptors (Lipinski definition) is 2. The SMILES string of the molecule is Fc1ncc(Br)cc1-n1cccn1. The Labute approximate surface area is 82.3 Å². The Morgan fingerprint density at radius 2 is 2.31 bits per heavy atom. The van der Waals surface area contributed by atoms with Gasteiger partial charge in [-0.05, 0) is 28.1 Å². The van der Waals surface area contributed by atoms with Crippen LogP contribution >= 0.6 is 15.9 Å². The van der Waals surface area contributed by atoms with Gasteiger partial charge >= 0.3 is 0 Å². The van der Waals surface area contributed by atoms with E-state index in [1.807, 2.05) is 0 Å². The smallest absolute Gasteiger partial charge is 0.236 e. The largest absolute Gasteiger partial charge is 0.238 e. The van der Waals surface area contributed by atoms with E-state index in [1.54, 1.807) is 24.5 Å². The normalized spacial score (nSPS) is 10.3.